The molecule has 32 heavy (non-hydrogen) atoms. The summed E-state index contributed by atoms with van der Waals surface area (Å²) < 4.78 is 11.6. The van der Waals surface area contributed by atoms with Crippen molar-refractivity contribution in [1.82, 2.24) is 4.98 Å². The topological polar surface area (TPSA) is 65.5 Å². The van der Waals surface area contributed by atoms with Gasteiger partial charge >= 0.3 is 5.97 Å². The van der Waals surface area contributed by atoms with Gasteiger partial charge in [-0.05, 0) is 55.5 Å². The number of esters is 1. The highest BCUT2D eigenvalue weighted by atomic mass is 79.9. The van der Waals surface area contributed by atoms with Crippen LogP contribution in [0.25, 0.3) is 22.2 Å². The molecule has 6 heteroatoms. The van der Waals surface area contributed by atoms with Gasteiger partial charge in [-0.25, -0.2) is 9.78 Å². The maximum Gasteiger partial charge on any atom is 0.339 e. The van der Waals surface area contributed by atoms with Gasteiger partial charge in [0.1, 0.15) is 5.75 Å². The van der Waals surface area contributed by atoms with Crippen molar-refractivity contribution < 1.29 is 19.1 Å². The van der Waals surface area contributed by atoms with E-state index in [0.29, 0.717) is 27.7 Å². The van der Waals surface area contributed by atoms with Gasteiger partial charge in [0.2, 0.25) is 5.78 Å². The van der Waals surface area contributed by atoms with Crippen LogP contribution < -0.4 is 4.74 Å². The van der Waals surface area contributed by atoms with E-state index in [9.17, 15) is 9.59 Å². The fourth-order valence-corrected chi connectivity index (χ4v) is 3.75. The number of benzene rings is 3. The first kappa shape index (κ1) is 21.7. The van der Waals surface area contributed by atoms with E-state index in [4.69, 9.17) is 14.5 Å². The Morgan fingerprint density at radius 1 is 0.938 bits per heavy atom. The number of carbonyl (C=O) groups excluding carboxylic acids is 2. The number of methoxy groups -OCH3 is 1. The number of ether oxygens (including phenoxy) is 2. The van der Waals surface area contributed by atoms with Gasteiger partial charge in [0.25, 0.3) is 0 Å². The number of carbonyl (C=O) groups is 2. The minimum absolute atomic E-state index is 0.256. The summed E-state index contributed by atoms with van der Waals surface area (Å²) in [5.74, 6) is -0.109. The first-order chi connectivity index (χ1) is 15.5. The molecule has 4 aromatic rings. The third-order valence-electron chi connectivity index (χ3n) is 5.09. The van der Waals surface area contributed by atoms with Crippen LogP contribution in [0.2, 0.25) is 0 Å². The Morgan fingerprint density at radius 3 is 2.34 bits per heavy atom. The normalized spacial score (nSPS) is 11.7. The van der Waals surface area contributed by atoms with Gasteiger partial charge < -0.3 is 9.47 Å². The molecule has 0 unspecified atom stereocenters. The van der Waals surface area contributed by atoms with E-state index in [1.54, 1.807) is 44.4 Å². The summed E-state index contributed by atoms with van der Waals surface area (Å²) in [5, 5.41) is 0.640. The van der Waals surface area contributed by atoms with Crippen LogP contribution in [0.3, 0.4) is 0 Å². The van der Waals surface area contributed by atoms with Crippen LogP contribution in [-0.4, -0.2) is 30.0 Å². The highest BCUT2D eigenvalue weighted by molar-refractivity contribution is 9.10. The Balaban J connectivity index is 1.71. The van der Waals surface area contributed by atoms with Crippen molar-refractivity contribution in [3.63, 3.8) is 0 Å². The summed E-state index contributed by atoms with van der Waals surface area (Å²) in [6.07, 6.45) is -0.926. The van der Waals surface area contributed by atoms with Crippen LogP contribution in [0.1, 0.15) is 27.6 Å². The van der Waals surface area contributed by atoms with E-state index < -0.39 is 12.1 Å². The van der Waals surface area contributed by atoms with Gasteiger partial charge in [0, 0.05) is 21.0 Å². The Kier molecular flexibility index (Phi) is 6.32. The van der Waals surface area contributed by atoms with Crippen molar-refractivity contribution in [3.05, 3.63) is 94.5 Å². The lowest BCUT2D eigenvalue weighted by molar-refractivity contribution is 0.0320. The molecule has 0 fully saturated rings. The Bertz CT molecular complexity index is 1290. The SMILES string of the molecule is COc1ccc(-c2cc(C(=O)O[C@@H](C)C(=O)c3ccccc3)c3cc(Br)ccc3n2)cc1. The van der Waals surface area contributed by atoms with E-state index in [1.807, 2.05) is 48.5 Å². The third-order valence-corrected chi connectivity index (χ3v) is 5.58. The summed E-state index contributed by atoms with van der Waals surface area (Å²) in [4.78, 5) is 30.5. The summed E-state index contributed by atoms with van der Waals surface area (Å²) in [6.45, 7) is 1.58. The maximum absolute atomic E-state index is 13.2. The summed E-state index contributed by atoms with van der Waals surface area (Å²) in [6, 6.07) is 23.4. The molecular formula is C26H20BrNO4. The molecule has 0 amide bonds. The van der Waals surface area contributed by atoms with Gasteiger partial charge in [-0.1, -0.05) is 46.3 Å². The van der Waals surface area contributed by atoms with Crippen molar-refractivity contribution in [2.75, 3.05) is 7.11 Å². The second kappa shape index (κ2) is 9.32. The fraction of sp³-hybridized carbons (Fsp3) is 0.115. The number of nitrogens with zero attached hydrogens (tertiary/aromatic N) is 1. The molecule has 0 N–H and O–H groups in total. The monoisotopic (exact) mass is 489 g/mol. The summed E-state index contributed by atoms with van der Waals surface area (Å²) >= 11 is 3.45. The molecule has 160 valence electrons. The van der Waals surface area contributed by atoms with Gasteiger partial charge in [-0.2, -0.15) is 0 Å². The number of rotatable bonds is 6. The van der Waals surface area contributed by atoms with E-state index in [2.05, 4.69) is 15.9 Å². The van der Waals surface area contributed by atoms with Crippen molar-refractivity contribution in [2.24, 2.45) is 0 Å². The quantitative estimate of drug-likeness (QED) is 0.241. The Morgan fingerprint density at radius 2 is 1.66 bits per heavy atom. The second-order valence-electron chi connectivity index (χ2n) is 7.22. The Hall–Kier alpha value is -3.51. The zero-order valence-corrected chi connectivity index (χ0v) is 19.1. The van der Waals surface area contributed by atoms with E-state index in [0.717, 1.165) is 15.8 Å². The molecule has 0 saturated carbocycles. The highest BCUT2D eigenvalue weighted by Gasteiger charge is 2.22. The number of fused-ring (bicyclic) bond motifs is 1. The third kappa shape index (κ3) is 4.55. The van der Waals surface area contributed by atoms with Crippen LogP contribution in [0.15, 0.2) is 83.3 Å². The van der Waals surface area contributed by atoms with Crippen LogP contribution in [0.5, 0.6) is 5.75 Å². The largest absolute Gasteiger partial charge is 0.497 e. The molecule has 0 spiro atoms. The van der Waals surface area contributed by atoms with Crippen LogP contribution >= 0.6 is 15.9 Å². The number of aromatic nitrogens is 1. The molecule has 0 saturated heterocycles. The van der Waals surface area contributed by atoms with E-state index in [1.165, 1.54) is 0 Å². The molecule has 0 aliphatic carbocycles. The lowest BCUT2D eigenvalue weighted by atomic mass is 10.0. The molecule has 1 atom stereocenters. The Labute approximate surface area is 194 Å². The van der Waals surface area contributed by atoms with Crippen LogP contribution in [0, 0.1) is 0 Å². The molecule has 3 aromatic carbocycles. The summed E-state index contributed by atoms with van der Waals surface area (Å²) in [7, 11) is 1.60. The van der Waals surface area contributed by atoms with E-state index >= 15 is 0 Å². The molecule has 1 heterocycles. The predicted molar refractivity (Wildman–Crippen MR) is 127 cm³/mol. The molecule has 0 aliphatic rings. The average molecular weight is 490 g/mol. The van der Waals surface area contributed by atoms with Crippen molar-refractivity contribution in [2.45, 2.75) is 13.0 Å². The summed E-state index contributed by atoms with van der Waals surface area (Å²) in [5.41, 5.74) is 2.94. The standard InChI is InChI=1S/C26H20BrNO4/c1-16(25(29)18-6-4-3-5-7-18)32-26(30)22-15-24(17-8-11-20(31-2)12-9-17)28-23-13-10-19(27)14-21(22)23/h3-16H,1-2H3/t16-/m0/s1. The second-order valence-corrected chi connectivity index (χ2v) is 8.14. The van der Waals surface area contributed by atoms with Gasteiger partial charge in [-0.3, -0.25) is 4.79 Å². The number of halogens is 1. The molecule has 0 bridgehead atoms. The number of Topliss-reactive ketones (excluding diaryl/α,β-unsaturated/α-hetero) is 1. The highest BCUT2D eigenvalue weighted by Crippen LogP contribution is 2.29. The van der Waals surface area contributed by atoms with Crippen molar-refractivity contribution >= 4 is 38.6 Å². The van der Waals surface area contributed by atoms with Crippen molar-refractivity contribution in [3.8, 4) is 17.0 Å². The number of pyridine rings is 1. The minimum atomic E-state index is -0.926. The number of ketones is 1. The van der Waals surface area contributed by atoms with Crippen molar-refractivity contribution in [1.29, 1.82) is 0 Å². The zero-order chi connectivity index (χ0) is 22.7. The first-order valence-electron chi connectivity index (χ1n) is 10.0. The van der Waals surface area contributed by atoms with Gasteiger partial charge in [0.15, 0.2) is 6.10 Å². The molecule has 4 rings (SSSR count). The molecular weight excluding hydrogens is 470 g/mol. The number of hydrogen-bond acceptors (Lipinski definition) is 5. The van der Waals surface area contributed by atoms with Gasteiger partial charge in [-0.15, -0.1) is 0 Å². The molecule has 5 nitrogen and oxygen atoms in total. The zero-order valence-electron chi connectivity index (χ0n) is 17.5. The van der Waals surface area contributed by atoms with Crippen LogP contribution in [0.4, 0.5) is 0 Å². The minimum Gasteiger partial charge on any atom is -0.497 e. The number of hydrogen-bond donors (Lipinski definition) is 0. The first-order valence-corrected chi connectivity index (χ1v) is 10.8. The van der Waals surface area contributed by atoms with Crippen LogP contribution in [-0.2, 0) is 4.74 Å². The van der Waals surface area contributed by atoms with E-state index in [-0.39, 0.29) is 5.78 Å². The van der Waals surface area contributed by atoms with Gasteiger partial charge in [0.05, 0.1) is 23.9 Å². The maximum atomic E-state index is 13.2. The molecule has 1 aromatic heterocycles. The predicted octanol–water partition coefficient (Wildman–Crippen LogP) is 6.10. The lowest BCUT2D eigenvalue weighted by Crippen LogP contribution is -2.24. The fourth-order valence-electron chi connectivity index (χ4n) is 3.39. The average Bonchev–Trinajstić information content (AvgIpc) is 2.83. The smallest absolute Gasteiger partial charge is 0.339 e. The lowest BCUT2D eigenvalue weighted by Gasteiger charge is -2.15. The molecule has 0 radical (unpaired) electrons. The molecule has 0 aliphatic heterocycles.